The number of anilines is 1. The molecule has 154 valence electrons. The lowest BCUT2D eigenvalue weighted by Gasteiger charge is -2.10. The number of aromatic nitrogens is 3. The number of nitrogens with one attached hydrogen (secondary N) is 1. The van der Waals surface area contributed by atoms with Crippen LogP contribution < -0.4 is 11.1 Å². The summed E-state index contributed by atoms with van der Waals surface area (Å²) in [5.41, 5.74) is 5.37. The number of halogens is 4. The van der Waals surface area contributed by atoms with E-state index >= 15 is 0 Å². The first-order valence-electron chi connectivity index (χ1n) is 8.28. The first kappa shape index (κ1) is 21.2. The fourth-order valence-corrected chi connectivity index (χ4v) is 4.12. The average Bonchev–Trinajstić information content (AvgIpc) is 3.13. The minimum absolute atomic E-state index is 0.0203. The number of hydrogen-bond donors (Lipinski definition) is 2. The van der Waals surface area contributed by atoms with Crippen LogP contribution >= 0.6 is 27.3 Å². The maximum absolute atomic E-state index is 13.0. The highest BCUT2D eigenvalue weighted by atomic mass is 79.9. The summed E-state index contributed by atoms with van der Waals surface area (Å²) in [7, 11) is 0. The van der Waals surface area contributed by atoms with Crippen molar-refractivity contribution in [2.45, 2.75) is 33.0 Å². The van der Waals surface area contributed by atoms with E-state index in [1.807, 2.05) is 6.92 Å². The number of carbonyl (C=O) groups is 2. The van der Waals surface area contributed by atoms with Gasteiger partial charge < -0.3 is 11.1 Å². The Morgan fingerprint density at radius 3 is 2.59 bits per heavy atom. The Labute approximate surface area is 175 Å². The summed E-state index contributed by atoms with van der Waals surface area (Å²) in [4.78, 5) is 27.7. The molecule has 3 aromatic heterocycles. The van der Waals surface area contributed by atoms with Gasteiger partial charge in [-0.05, 0) is 41.4 Å². The minimum atomic E-state index is -4.63. The second kappa shape index (κ2) is 7.75. The van der Waals surface area contributed by atoms with Gasteiger partial charge >= 0.3 is 6.18 Å². The number of primary amides is 1. The smallest absolute Gasteiger partial charge is 0.365 e. The van der Waals surface area contributed by atoms with E-state index in [9.17, 15) is 22.8 Å². The van der Waals surface area contributed by atoms with Crippen molar-refractivity contribution in [3.63, 3.8) is 0 Å². The van der Waals surface area contributed by atoms with Crippen LogP contribution in [0.25, 0.3) is 10.2 Å². The lowest BCUT2D eigenvalue weighted by atomic mass is 10.1. The quantitative estimate of drug-likeness (QED) is 0.564. The van der Waals surface area contributed by atoms with Gasteiger partial charge in [-0.3, -0.25) is 14.3 Å². The largest absolute Gasteiger partial charge is 0.433 e. The van der Waals surface area contributed by atoms with Gasteiger partial charge in [0, 0.05) is 24.5 Å². The third-order valence-corrected chi connectivity index (χ3v) is 5.97. The molecule has 2 amide bonds. The lowest BCUT2D eigenvalue weighted by Crippen LogP contribution is -2.18. The Morgan fingerprint density at radius 1 is 1.34 bits per heavy atom. The molecular formula is C17H15BrF3N5O2S. The van der Waals surface area contributed by atoms with E-state index < -0.39 is 23.7 Å². The highest BCUT2D eigenvalue weighted by molar-refractivity contribution is 9.10. The van der Waals surface area contributed by atoms with Gasteiger partial charge in [-0.25, -0.2) is 4.98 Å². The Hall–Kier alpha value is -2.47. The third kappa shape index (κ3) is 4.42. The Kier molecular flexibility index (Phi) is 5.68. The van der Waals surface area contributed by atoms with Crippen molar-refractivity contribution >= 4 is 55.0 Å². The van der Waals surface area contributed by atoms with E-state index in [2.05, 4.69) is 31.3 Å². The molecule has 12 heteroatoms. The molecule has 0 aliphatic rings. The fraction of sp³-hybridized carbons (Fsp3) is 0.294. The Balaban J connectivity index is 1.91. The van der Waals surface area contributed by atoms with Gasteiger partial charge in [0.05, 0.1) is 15.9 Å². The molecule has 0 saturated carbocycles. The number of carbonyl (C=O) groups excluding carboxylic acids is 2. The number of pyridine rings is 1. The van der Waals surface area contributed by atoms with Gasteiger partial charge in [0.15, 0.2) is 0 Å². The number of alkyl halides is 3. The zero-order valence-corrected chi connectivity index (χ0v) is 17.6. The van der Waals surface area contributed by atoms with E-state index in [-0.39, 0.29) is 39.3 Å². The standard InChI is InChI=1S/C17H15BrF3N5O2S/c1-7-5-10(17(19,20)21)23-16-12(7)13(14(29-16)15(22)28)24-11(27)3-4-26-6-9(18)8(2)25-26/h5-6H,3-4H2,1-2H3,(H2,22,28)(H,24,27). The van der Waals surface area contributed by atoms with Crippen LogP contribution in [0.3, 0.4) is 0 Å². The van der Waals surface area contributed by atoms with E-state index in [0.717, 1.165) is 16.2 Å². The van der Waals surface area contributed by atoms with Crippen LogP contribution in [0.2, 0.25) is 0 Å². The molecule has 0 aromatic carbocycles. The molecule has 0 saturated heterocycles. The molecule has 0 atom stereocenters. The summed E-state index contributed by atoms with van der Waals surface area (Å²) in [6.07, 6.45) is -2.87. The number of nitrogens with zero attached hydrogens (tertiary/aromatic N) is 3. The molecule has 0 aliphatic carbocycles. The number of hydrogen-bond acceptors (Lipinski definition) is 5. The van der Waals surface area contributed by atoms with Crippen LogP contribution in [0.1, 0.15) is 33.0 Å². The number of aryl methyl sites for hydroxylation is 3. The predicted molar refractivity (Wildman–Crippen MR) is 106 cm³/mol. The van der Waals surface area contributed by atoms with Crippen LogP contribution in [0.5, 0.6) is 0 Å². The molecule has 29 heavy (non-hydrogen) atoms. The highest BCUT2D eigenvalue weighted by Crippen LogP contribution is 2.39. The first-order chi connectivity index (χ1) is 13.5. The monoisotopic (exact) mass is 489 g/mol. The van der Waals surface area contributed by atoms with Crippen LogP contribution in [0.4, 0.5) is 18.9 Å². The van der Waals surface area contributed by atoms with Crippen molar-refractivity contribution in [3.8, 4) is 0 Å². The first-order valence-corrected chi connectivity index (χ1v) is 9.89. The molecule has 3 heterocycles. The molecule has 3 aromatic rings. The van der Waals surface area contributed by atoms with E-state index in [0.29, 0.717) is 11.3 Å². The fourth-order valence-electron chi connectivity index (χ4n) is 2.75. The average molecular weight is 490 g/mol. The van der Waals surface area contributed by atoms with Crippen LogP contribution in [0.15, 0.2) is 16.7 Å². The van der Waals surface area contributed by atoms with Gasteiger partial charge in [-0.2, -0.15) is 18.3 Å². The number of thiophene rings is 1. The summed E-state index contributed by atoms with van der Waals surface area (Å²) in [6.45, 7) is 3.54. The molecule has 0 fully saturated rings. The molecule has 0 bridgehead atoms. The van der Waals surface area contributed by atoms with E-state index in [4.69, 9.17) is 5.73 Å². The van der Waals surface area contributed by atoms with Crippen LogP contribution in [-0.4, -0.2) is 26.6 Å². The summed E-state index contributed by atoms with van der Waals surface area (Å²) in [5.74, 6) is -1.29. The van der Waals surface area contributed by atoms with Crippen molar-refractivity contribution in [3.05, 3.63) is 38.6 Å². The number of amides is 2. The summed E-state index contributed by atoms with van der Waals surface area (Å²) >= 11 is 4.05. The maximum Gasteiger partial charge on any atom is 0.433 e. The normalized spacial score (nSPS) is 11.8. The molecule has 0 spiro atoms. The predicted octanol–water partition coefficient (Wildman–Crippen LogP) is 4.02. The molecule has 3 N–H and O–H groups in total. The zero-order chi connectivity index (χ0) is 21.5. The molecule has 0 aliphatic heterocycles. The molecule has 0 unspecified atom stereocenters. The van der Waals surface area contributed by atoms with Gasteiger partial charge in [0.1, 0.15) is 15.4 Å². The maximum atomic E-state index is 13.0. The molecule has 3 rings (SSSR count). The zero-order valence-electron chi connectivity index (χ0n) is 15.2. The summed E-state index contributed by atoms with van der Waals surface area (Å²) in [5, 5.41) is 7.09. The third-order valence-electron chi connectivity index (χ3n) is 4.09. The number of fused-ring (bicyclic) bond motifs is 1. The Morgan fingerprint density at radius 2 is 2.03 bits per heavy atom. The van der Waals surface area contributed by atoms with Crippen LogP contribution in [0, 0.1) is 13.8 Å². The van der Waals surface area contributed by atoms with Gasteiger partial charge in [-0.15, -0.1) is 11.3 Å². The van der Waals surface area contributed by atoms with Gasteiger partial charge in [-0.1, -0.05) is 0 Å². The number of nitrogens with two attached hydrogens (primary N) is 1. The van der Waals surface area contributed by atoms with Crippen molar-refractivity contribution < 1.29 is 22.8 Å². The van der Waals surface area contributed by atoms with Crippen molar-refractivity contribution in [2.75, 3.05) is 5.32 Å². The second-order valence-electron chi connectivity index (χ2n) is 6.30. The molecule has 7 nitrogen and oxygen atoms in total. The van der Waals surface area contributed by atoms with Gasteiger partial charge in [0.2, 0.25) is 5.91 Å². The van der Waals surface area contributed by atoms with E-state index in [1.165, 1.54) is 6.92 Å². The SMILES string of the molecule is Cc1nn(CCC(=O)Nc2c(C(N)=O)sc3nc(C(F)(F)F)cc(C)c23)cc1Br. The highest BCUT2D eigenvalue weighted by Gasteiger charge is 2.34. The van der Waals surface area contributed by atoms with Crippen molar-refractivity contribution in [1.82, 2.24) is 14.8 Å². The summed E-state index contributed by atoms with van der Waals surface area (Å²) in [6, 6.07) is 0.875. The molecule has 0 radical (unpaired) electrons. The number of rotatable bonds is 5. The minimum Gasteiger partial charge on any atom is -0.365 e. The van der Waals surface area contributed by atoms with E-state index in [1.54, 1.807) is 10.9 Å². The van der Waals surface area contributed by atoms with Gasteiger partial charge in [0.25, 0.3) is 5.91 Å². The second-order valence-corrected chi connectivity index (χ2v) is 8.15. The topological polar surface area (TPSA) is 103 Å². The Bertz CT molecular complexity index is 1100. The summed E-state index contributed by atoms with van der Waals surface area (Å²) < 4.78 is 41.5. The van der Waals surface area contributed by atoms with Crippen LogP contribution in [-0.2, 0) is 17.5 Å². The van der Waals surface area contributed by atoms with Crippen molar-refractivity contribution in [1.29, 1.82) is 0 Å². The molecular weight excluding hydrogens is 475 g/mol. The van der Waals surface area contributed by atoms with Crippen molar-refractivity contribution in [2.24, 2.45) is 5.73 Å². The lowest BCUT2D eigenvalue weighted by molar-refractivity contribution is -0.141.